The third-order valence-electron chi connectivity index (χ3n) is 4.67. The third kappa shape index (κ3) is 5.65. The average Bonchev–Trinajstić information content (AvgIpc) is 3.11. The SMILES string of the molecule is Cc1cc(C(=O)O)cc(CCCCc2nncn2Cc2ccc(C(F)(F)F)cc2)n1. The Morgan fingerprint density at radius 2 is 1.80 bits per heavy atom. The monoisotopic (exact) mass is 418 g/mol. The van der Waals surface area contributed by atoms with E-state index in [1.807, 2.05) is 4.57 Å². The summed E-state index contributed by atoms with van der Waals surface area (Å²) in [5.41, 5.74) is 1.69. The molecule has 6 nitrogen and oxygen atoms in total. The number of carbonyl (C=O) groups is 1. The van der Waals surface area contributed by atoms with Gasteiger partial charge in [-0.2, -0.15) is 13.2 Å². The van der Waals surface area contributed by atoms with Crippen molar-refractivity contribution in [2.75, 3.05) is 0 Å². The molecular weight excluding hydrogens is 397 g/mol. The lowest BCUT2D eigenvalue weighted by molar-refractivity contribution is -0.137. The van der Waals surface area contributed by atoms with Gasteiger partial charge in [-0.15, -0.1) is 10.2 Å². The summed E-state index contributed by atoms with van der Waals surface area (Å²) in [6, 6.07) is 8.17. The van der Waals surface area contributed by atoms with Gasteiger partial charge in [0.2, 0.25) is 0 Å². The number of benzene rings is 1. The first-order valence-corrected chi connectivity index (χ1v) is 9.46. The van der Waals surface area contributed by atoms with E-state index in [1.54, 1.807) is 19.3 Å². The van der Waals surface area contributed by atoms with Crippen LogP contribution in [0.15, 0.2) is 42.7 Å². The number of rotatable bonds is 8. The highest BCUT2D eigenvalue weighted by Gasteiger charge is 2.29. The normalized spacial score (nSPS) is 11.6. The van der Waals surface area contributed by atoms with Crippen LogP contribution in [-0.2, 0) is 25.6 Å². The zero-order valence-corrected chi connectivity index (χ0v) is 16.4. The number of carboxylic acid groups (broad SMARTS) is 1. The maximum Gasteiger partial charge on any atom is 0.416 e. The predicted molar refractivity (Wildman–Crippen MR) is 103 cm³/mol. The Morgan fingerprint density at radius 1 is 1.10 bits per heavy atom. The Balaban J connectivity index is 1.55. The third-order valence-corrected chi connectivity index (χ3v) is 4.67. The summed E-state index contributed by atoms with van der Waals surface area (Å²) in [6.07, 6.45) is 0.103. The van der Waals surface area contributed by atoms with Gasteiger partial charge in [-0.25, -0.2) is 4.79 Å². The number of carboxylic acids is 1. The van der Waals surface area contributed by atoms with E-state index >= 15 is 0 Å². The van der Waals surface area contributed by atoms with E-state index in [-0.39, 0.29) is 5.56 Å². The summed E-state index contributed by atoms with van der Waals surface area (Å²) in [6.45, 7) is 2.15. The summed E-state index contributed by atoms with van der Waals surface area (Å²) in [5, 5.41) is 17.2. The Labute approximate surface area is 171 Å². The molecule has 0 radical (unpaired) electrons. The molecule has 0 unspecified atom stereocenters. The summed E-state index contributed by atoms with van der Waals surface area (Å²) in [7, 11) is 0. The first kappa shape index (κ1) is 21.5. The van der Waals surface area contributed by atoms with Crippen LogP contribution in [0.5, 0.6) is 0 Å². The van der Waals surface area contributed by atoms with E-state index < -0.39 is 17.7 Å². The molecule has 0 atom stereocenters. The molecule has 2 aromatic heterocycles. The lowest BCUT2D eigenvalue weighted by atomic mass is 10.1. The number of hydrogen-bond acceptors (Lipinski definition) is 4. The van der Waals surface area contributed by atoms with Gasteiger partial charge in [0.05, 0.1) is 17.7 Å². The minimum Gasteiger partial charge on any atom is -0.478 e. The number of alkyl halides is 3. The predicted octanol–water partition coefficient (Wildman–Crippen LogP) is 4.31. The first-order chi connectivity index (χ1) is 14.2. The standard InChI is InChI=1S/C21H21F3N4O2/c1-14-10-16(20(29)30)11-18(26-14)4-2-3-5-19-27-25-13-28(19)12-15-6-8-17(9-7-15)21(22,23)24/h6-11,13H,2-5,12H2,1H3,(H,29,30). The zero-order valence-electron chi connectivity index (χ0n) is 16.4. The lowest BCUT2D eigenvalue weighted by Gasteiger charge is -2.09. The zero-order chi connectivity index (χ0) is 21.7. The van der Waals surface area contributed by atoms with E-state index in [0.29, 0.717) is 25.1 Å². The highest BCUT2D eigenvalue weighted by Crippen LogP contribution is 2.29. The summed E-state index contributed by atoms with van der Waals surface area (Å²) in [5.74, 6) is -0.226. The number of halogens is 3. The van der Waals surface area contributed by atoms with E-state index in [0.717, 1.165) is 42.1 Å². The van der Waals surface area contributed by atoms with Gasteiger partial charge < -0.3 is 9.67 Å². The average molecular weight is 418 g/mol. The van der Waals surface area contributed by atoms with Gasteiger partial charge in [-0.05, 0) is 56.0 Å². The fraction of sp³-hybridized carbons (Fsp3) is 0.333. The molecule has 0 aliphatic rings. The Kier molecular flexibility index (Phi) is 6.49. The van der Waals surface area contributed by atoms with E-state index in [4.69, 9.17) is 5.11 Å². The number of pyridine rings is 1. The van der Waals surface area contributed by atoms with E-state index in [1.165, 1.54) is 18.2 Å². The molecule has 0 aliphatic heterocycles. The second-order valence-corrected chi connectivity index (χ2v) is 7.07. The Morgan fingerprint density at radius 3 is 2.47 bits per heavy atom. The maximum absolute atomic E-state index is 12.7. The molecule has 9 heteroatoms. The first-order valence-electron chi connectivity index (χ1n) is 9.46. The molecule has 0 bridgehead atoms. The van der Waals surface area contributed by atoms with Crippen LogP contribution in [0.4, 0.5) is 13.2 Å². The number of aromatic nitrogens is 4. The van der Waals surface area contributed by atoms with Crippen LogP contribution in [0, 0.1) is 6.92 Å². The van der Waals surface area contributed by atoms with Crippen LogP contribution in [0.1, 0.15) is 51.5 Å². The topological polar surface area (TPSA) is 80.9 Å². The fourth-order valence-electron chi connectivity index (χ4n) is 3.18. The molecule has 30 heavy (non-hydrogen) atoms. The maximum atomic E-state index is 12.7. The minimum atomic E-state index is -4.35. The van der Waals surface area contributed by atoms with Crippen LogP contribution in [0.2, 0.25) is 0 Å². The molecule has 0 spiro atoms. The quantitative estimate of drug-likeness (QED) is 0.552. The number of aryl methyl sites for hydroxylation is 3. The minimum absolute atomic E-state index is 0.230. The van der Waals surface area contributed by atoms with Crippen molar-refractivity contribution in [2.45, 2.75) is 45.3 Å². The smallest absolute Gasteiger partial charge is 0.416 e. The van der Waals surface area contributed by atoms with Crippen LogP contribution in [0.25, 0.3) is 0 Å². The number of unbranched alkanes of at least 4 members (excludes halogenated alkanes) is 1. The van der Waals surface area contributed by atoms with Crippen molar-refractivity contribution in [3.63, 3.8) is 0 Å². The summed E-state index contributed by atoms with van der Waals surface area (Å²) < 4.78 is 39.9. The summed E-state index contributed by atoms with van der Waals surface area (Å²) >= 11 is 0. The van der Waals surface area contributed by atoms with Gasteiger partial charge in [0, 0.05) is 17.8 Å². The van der Waals surface area contributed by atoms with Crippen molar-refractivity contribution in [3.05, 3.63) is 76.6 Å². The fourth-order valence-corrected chi connectivity index (χ4v) is 3.18. The van der Waals surface area contributed by atoms with Crippen molar-refractivity contribution < 1.29 is 23.1 Å². The molecule has 3 rings (SSSR count). The number of hydrogen-bond donors (Lipinski definition) is 1. The van der Waals surface area contributed by atoms with Gasteiger partial charge in [-0.1, -0.05) is 12.1 Å². The largest absolute Gasteiger partial charge is 0.478 e. The Bertz CT molecular complexity index is 1010. The molecule has 0 amide bonds. The molecule has 0 fully saturated rings. The highest BCUT2D eigenvalue weighted by molar-refractivity contribution is 5.87. The van der Waals surface area contributed by atoms with Crippen molar-refractivity contribution >= 4 is 5.97 Å². The van der Waals surface area contributed by atoms with Crippen LogP contribution < -0.4 is 0 Å². The molecule has 3 aromatic rings. The highest BCUT2D eigenvalue weighted by atomic mass is 19.4. The van der Waals surface area contributed by atoms with Crippen LogP contribution >= 0.6 is 0 Å². The second-order valence-electron chi connectivity index (χ2n) is 7.07. The van der Waals surface area contributed by atoms with Gasteiger partial charge >= 0.3 is 12.1 Å². The Hall–Kier alpha value is -3.23. The molecule has 0 saturated heterocycles. The van der Waals surface area contributed by atoms with Crippen LogP contribution in [0.3, 0.4) is 0 Å². The molecule has 1 N–H and O–H groups in total. The van der Waals surface area contributed by atoms with E-state index in [9.17, 15) is 18.0 Å². The van der Waals surface area contributed by atoms with Crippen molar-refractivity contribution in [1.82, 2.24) is 19.7 Å². The number of aromatic carboxylic acids is 1. The van der Waals surface area contributed by atoms with Crippen LogP contribution in [-0.4, -0.2) is 30.8 Å². The molecule has 158 valence electrons. The van der Waals surface area contributed by atoms with Crippen molar-refractivity contribution in [1.29, 1.82) is 0 Å². The van der Waals surface area contributed by atoms with Gasteiger partial charge in [0.15, 0.2) is 0 Å². The number of nitrogens with zero attached hydrogens (tertiary/aromatic N) is 4. The lowest BCUT2D eigenvalue weighted by Crippen LogP contribution is -2.07. The molecular formula is C21H21F3N4O2. The molecule has 2 heterocycles. The molecule has 1 aromatic carbocycles. The molecule has 0 saturated carbocycles. The summed E-state index contributed by atoms with van der Waals surface area (Å²) in [4.78, 5) is 15.5. The van der Waals surface area contributed by atoms with Crippen molar-refractivity contribution in [2.24, 2.45) is 0 Å². The van der Waals surface area contributed by atoms with E-state index in [2.05, 4.69) is 15.2 Å². The van der Waals surface area contributed by atoms with Gasteiger partial charge in [-0.3, -0.25) is 4.98 Å². The van der Waals surface area contributed by atoms with Gasteiger partial charge in [0.25, 0.3) is 0 Å². The van der Waals surface area contributed by atoms with Gasteiger partial charge in [0.1, 0.15) is 12.2 Å². The van der Waals surface area contributed by atoms with Crippen molar-refractivity contribution in [3.8, 4) is 0 Å². The second kappa shape index (κ2) is 9.06. The molecule has 0 aliphatic carbocycles.